The second-order valence-electron chi connectivity index (χ2n) is 10.1. The molecular weight excluding hydrogens is 581 g/mol. The van der Waals surface area contributed by atoms with Crippen molar-refractivity contribution >= 4 is 50.7 Å². The van der Waals surface area contributed by atoms with E-state index in [4.69, 9.17) is 23.2 Å². The van der Waals surface area contributed by atoms with E-state index < -0.39 is 28.5 Å². The van der Waals surface area contributed by atoms with Crippen LogP contribution in [0.25, 0.3) is 0 Å². The van der Waals surface area contributed by atoms with Crippen molar-refractivity contribution in [2.45, 2.75) is 71.0 Å². The first-order valence-corrected chi connectivity index (χ1v) is 15.8. The predicted molar refractivity (Wildman–Crippen MR) is 166 cm³/mol. The fourth-order valence-corrected chi connectivity index (χ4v) is 6.16. The van der Waals surface area contributed by atoms with Gasteiger partial charge in [0.2, 0.25) is 11.8 Å². The van der Waals surface area contributed by atoms with E-state index in [2.05, 4.69) is 5.32 Å². The number of amides is 2. The molecule has 0 aliphatic rings. The zero-order chi connectivity index (χ0) is 30.3. The van der Waals surface area contributed by atoms with Crippen LogP contribution in [0.3, 0.4) is 0 Å². The Morgan fingerprint density at radius 2 is 1.46 bits per heavy atom. The van der Waals surface area contributed by atoms with Crippen LogP contribution >= 0.6 is 23.2 Å². The van der Waals surface area contributed by atoms with Crippen molar-refractivity contribution < 1.29 is 18.0 Å². The fraction of sp³-hybridized carbons (Fsp3) is 0.355. The summed E-state index contributed by atoms with van der Waals surface area (Å²) >= 11 is 12.8. The molecule has 0 aliphatic carbocycles. The van der Waals surface area contributed by atoms with Crippen molar-refractivity contribution in [2.75, 3.05) is 10.8 Å². The van der Waals surface area contributed by atoms with E-state index in [1.165, 1.54) is 23.1 Å². The Morgan fingerprint density at radius 1 is 0.878 bits per heavy atom. The van der Waals surface area contributed by atoms with Gasteiger partial charge >= 0.3 is 0 Å². The van der Waals surface area contributed by atoms with Gasteiger partial charge < -0.3 is 10.2 Å². The highest BCUT2D eigenvalue weighted by atomic mass is 35.5. The third kappa shape index (κ3) is 8.03. The number of benzene rings is 3. The van der Waals surface area contributed by atoms with Gasteiger partial charge in [-0.05, 0) is 63.4 Å². The van der Waals surface area contributed by atoms with Crippen LogP contribution in [0.1, 0.15) is 50.3 Å². The minimum Gasteiger partial charge on any atom is -0.352 e. The van der Waals surface area contributed by atoms with Gasteiger partial charge in [0.1, 0.15) is 12.6 Å². The quantitative estimate of drug-likeness (QED) is 0.250. The van der Waals surface area contributed by atoms with E-state index >= 15 is 0 Å². The Hall–Kier alpha value is -3.07. The SMILES string of the molecule is CC[C@@H](C)NC(=O)[C@@H](CC)N(Cc1ccc(C)cc1)C(=O)CN(c1cccc(Cl)c1Cl)S(=O)(=O)c1ccc(C)cc1. The van der Waals surface area contributed by atoms with Crippen molar-refractivity contribution in [2.24, 2.45) is 0 Å². The molecule has 2 atom stereocenters. The maximum absolute atomic E-state index is 14.2. The van der Waals surface area contributed by atoms with Crippen molar-refractivity contribution in [1.82, 2.24) is 10.2 Å². The number of sulfonamides is 1. The number of hydrogen-bond donors (Lipinski definition) is 1. The molecule has 0 aliphatic heterocycles. The summed E-state index contributed by atoms with van der Waals surface area (Å²) in [5.41, 5.74) is 2.82. The number of carbonyl (C=O) groups is 2. The number of anilines is 1. The molecule has 3 aromatic carbocycles. The molecule has 0 saturated carbocycles. The molecule has 0 radical (unpaired) electrons. The summed E-state index contributed by atoms with van der Waals surface area (Å²) < 4.78 is 29.0. The highest BCUT2D eigenvalue weighted by Gasteiger charge is 2.35. The monoisotopic (exact) mass is 617 g/mol. The zero-order valence-electron chi connectivity index (χ0n) is 24.0. The molecule has 0 bridgehead atoms. The van der Waals surface area contributed by atoms with Crippen molar-refractivity contribution in [1.29, 1.82) is 0 Å². The summed E-state index contributed by atoms with van der Waals surface area (Å²) in [4.78, 5) is 29.0. The largest absolute Gasteiger partial charge is 0.352 e. The Morgan fingerprint density at radius 3 is 2.02 bits per heavy atom. The lowest BCUT2D eigenvalue weighted by Gasteiger charge is -2.34. The third-order valence-corrected chi connectivity index (χ3v) is 9.53. The summed E-state index contributed by atoms with van der Waals surface area (Å²) in [5.74, 6) is -0.848. The van der Waals surface area contributed by atoms with E-state index in [-0.39, 0.29) is 39.1 Å². The van der Waals surface area contributed by atoms with Crippen LogP contribution in [0.2, 0.25) is 10.0 Å². The molecule has 2 amide bonds. The number of rotatable bonds is 12. The van der Waals surface area contributed by atoms with Gasteiger partial charge in [0, 0.05) is 12.6 Å². The average Bonchev–Trinajstić information content (AvgIpc) is 2.94. The number of nitrogens with zero attached hydrogens (tertiary/aromatic N) is 2. The fourth-order valence-electron chi connectivity index (χ4n) is 4.29. The molecule has 7 nitrogen and oxygen atoms in total. The van der Waals surface area contributed by atoms with Crippen molar-refractivity contribution in [3.8, 4) is 0 Å². The van der Waals surface area contributed by atoms with Gasteiger partial charge in [0.25, 0.3) is 10.0 Å². The minimum absolute atomic E-state index is 0.00131. The van der Waals surface area contributed by atoms with E-state index in [0.29, 0.717) is 6.42 Å². The average molecular weight is 619 g/mol. The van der Waals surface area contributed by atoms with Gasteiger partial charge in [-0.15, -0.1) is 0 Å². The minimum atomic E-state index is -4.25. The standard InChI is InChI=1S/C31H37Cl2N3O4S/c1-6-23(5)34-31(38)27(7-2)35(19-24-15-11-21(3)12-16-24)29(37)20-36(28-10-8-9-26(32)30(28)33)41(39,40)25-17-13-22(4)14-18-25/h8-18,23,27H,6-7,19-20H2,1-5H3,(H,34,38)/t23-,27-/m1/s1. The lowest BCUT2D eigenvalue weighted by molar-refractivity contribution is -0.140. The molecule has 3 aromatic rings. The number of hydrogen-bond acceptors (Lipinski definition) is 4. The van der Waals surface area contributed by atoms with Gasteiger partial charge in [-0.2, -0.15) is 0 Å². The summed E-state index contributed by atoms with van der Waals surface area (Å²) in [7, 11) is -4.25. The predicted octanol–water partition coefficient (Wildman–Crippen LogP) is 6.53. The molecule has 1 N–H and O–H groups in total. The second kappa shape index (κ2) is 14.2. The molecule has 0 aromatic heterocycles. The summed E-state index contributed by atoms with van der Waals surface area (Å²) in [5, 5.41) is 3.12. The Bertz CT molecular complexity index is 1460. The first-order chi connectivity index (χ1) is 19.4. The molecule has 220 valence electrons. The van der Waals surface area contributed by atoms with E-state index in [1.807, 2.05) is 58.9 Å². The van der Waals surface area contributed by atoms with Gasteiger partial charge in [0.05, 0.1) is 20.6 Å². The molecule has 41 heavy (non-hydrogen) atoms. The number of aryl methyl sites for hydroxylation is 2. The summed E-state index contributed by atoms with van der Waals surface area (Å²) in [6.45, 7) is 9.03. The molecule has 0 saturated heterocycles. The highest BCUT2D eigenvalue weighted by molar-refractivity contribution is 7.92. The van der Waals surface area contributed by atoms with Crippen LogP contribution < -0.4 is 9.62 Å². The van der Waals surface area contributed by atoms with Crippen LogP contribution in [-0.4, -0.2) is 43.8 Å². The summed E-state index contributed by atoms with van der Waals surface area (Å²) in [6.07, 6.45) is 1.06. The summed E-state index contributed by atoms with van der Waals surface area (Å²) in [6, 6.07) is 17.7. The molecule has 10 heteroatoms. The topological polar surface area (TPSA) is 86.8 Å². The van der Waals surface area contributed by atoms with Crippen LogP contribution in [0.15, 0.2) is 71.6 Å². The van der Waals surface area contributed by atoms with Crippen LogP contribution in [-0.2, 0) is 26.2 Å². The molecule has 3 rings (SSSR count). The van der Waals surface area contributed by atoms with Gasteiger partial charge in [-0.3, -0.25) is 13.9 Å². The van der Waals surface area contributed by atoms with Crippen LogP contribution in [0, 0.1) is 13.8 Å². The Balaban J connectivity index is 2.10. The first kappa shape index (κ1) is 32.4. The number of carbonyl (C=O) groups excluding carboxylic acids is 2. The highest BCUT2D eigenvalue weighted by Crippen LogP contribution is 2.35. The zero-order valence-corrected chi connectivity index (χ0v) is 26.4. The Labute approximate surface area is 253 Å². The lowest BCUT2D eigenvalue weighted by atomic mass is 10.1. The van der Waals surface area contributed by atoms with E-state index in [0.717, 1.165) is 27.4 Å². The normalized spacial score (nSPS) is 12.9. The molecular formula is C31H37Cl2N3O4S. The Kier molecular flexibility index (Phi) is 11.2. The third-order valence-electron chi connectivity index (χ3n) is 6.95. The molecule has 0 spiro atoms. The maximum Gasteiger partial charge on any atom is 0.264 e. The molecule has 0 unspecified atom stereocenters. The number of halogens is 2. The van der Waals surface area contributed by atoms with E-state index in [9.17, 15) is 18.0 Å². The van der Waals surface area contributed by atoms with Gasteiger partial charge in [-0.1, -0.05) is 90.6 Å². The molecule has 0 heterocycles. The number of nitrogens with one attached hydrogen (secondary N) is 1. The van der Waals surface area contributed by atoms with Crippen LogP contribution in [0.4, 0.5) is 5.69 Å². The van der Waals surface area contributed by atoms with E-state index in [1.54, 1.807) is 24.3 Å². The van der Waals surface area contributed by atoms with Crippen molar-refractivity contribution in [3.05, 3.63) is 93.5 Å². The van der Waals surface area contributed by atoms with Crippen molar-refractivity contribution in [3.63, 3.8) is 0 Å². The lowest BCUT2D eigenvalue weighted by Crippen LogP contribution is -2.53. The first-order valence-electron chi connectivity index (χ1n) is 13.6. The van der Waals surface area contributed by atoms with Crippen LogP contribution in [0.5, 0.6) is 0 Å². The smallest absolute Gasteiger partial charge is 0.264 e. The van der Waals surface area contributed by atoms with Gasteiger partial charge in [-0.25, -0.2) is 8.42 Å². The molecule has 0 fully saturated rings. The maximum atomic E-state index is 14.2. The second-order valence-corrected chi connectivity index (χ2v) is 12.8. The van der Waals surface area contributed by atoms with Gasteiger partial charge in [0.15, 0.2) is 0 Å².